The molecule has 1 saturated heterocycles. The second kappa shape index (κ2) is 7.93. The molecule has 2 rings (SSSR count). The van der Waals surface area contributed by atoms with Gasteiger partial charge in [-0.1, -0.05) is 24.3 Å². The normalized spacial score (nSPS) is 15.7. The van der Waals surface area contributed by atoms with E-state index in [9.17, 15) is 9.59 Å². The fourth-order valence-electron chi connectivity index (χ4n) is 2.69. The van der Waals surface area contributed by atoms with Crippen LogP contribution in [0, 0.1) is 0 Å². The van der Waals surface area contributed by atoms with Crippen LogP contribution in [0.5, 0.6) is 0 Å². The molecule has 0 radical (unpaired) electrons. The maximum Gasteiger partial charge on any atom is 0.306 e. The summed E-state index contributed by atoms with van der Waals surface area (Å²) in [6.07, 6.45) is 2.67. The van der Waals surface area contributed by atoms with Crippen LogP contribution in [0.2, 0.25) is 0 Å². The van der Waals surface area contributed by atoms with Crippen LogP contribution >= 0.6 is 0 Å². The zero-order chi connectivity index (χ0) is 15.1. The predicted molar refractivity (Wildman–Crippen MR) is 81.5 cm³/mol. The van der Waals surface area contributed by atoms with Gasteiger partial charge in [0, 0.05) is 12.0 Å². The minimum Gasteiger partial charge on any atom is -0.466 e. The molecule has 0 atom stereocenters. The summed E-state index contributed by atoms with van der Waals surface area (Å²) in [7, 11) is 0. The van der Waals surface area contributed by atoms with Crippen LogP contribution in [0.3, 0.4) is 0 Å². The Kier molecular flexibility index (Phi) is 5.93. The molecule has 4 heteroatoms. The summed E-state index contributed by atoms with van der Waals surface area (Å²) in [6.45, 7) is 4.24. The van der Waals surface area contributed by atoms with Gasteiger partial charge in [-0.2, -0.15) is 0 Å². The van der Waals surface area contributed by atoms with Gasteiger partial charge >= 0.3 is 5.97 Å². The SMILES string of the molecule is CCOC(=O)CCC(=O)c1ccc(C2CCNCC2)cc1. The minimum atomic E-state index is -0.308. The molecule has 1 aromatic carbocycles. The van der Waals surface area contributed by atoms with Gasteiger partial charge in [-0.05, 0) is 44.3 Å². The molecule has 1 fully saturated rings. The first-order valence-corrected chi connectivity index (χ1v) is 7.70. The number of ether oxygens (including phenoxy) is 1. The number of carbonyl (C=O) groups excluding carboxylic acids is 2. The molecular weight excluding hydrogens is 266 g/mol. The Bertz CT molecular complexity index is 475. The highest BCUT2D eigenvalue weighted by Crippen LogP contribution is 2.25. The van der Waals surface area contributed by atoms with Crippen molar-refractivity contribution in [3.8, 4) is 0 Å². The van der Waals surface area contributed by atoms with E-state index in [0.29, 0.717) is 18.1 Å². The Morgan fingerprint density at radius 3 is 2.43 bits per heavy atom. The van der Waals surface area contributed by atoms with Crippen molar-refractivity contribution in [2.75, 3.05) is 19.7 Å². The van der Waals surface area contributed by atoms with Crippen LogP contribution in [0.25, 0.3) is 0 Å². The average molecular weight is 289 g/mol. The number of rotatable bonds is 6. The van der Waals surface area contributed by atoms with Crippen molar-refractivity contribution in [2.24, 2.45) is 0 Å². The molecule has 4 nitrogen and oxygen atoms in total. The fourth-order valence-corrected chi connectivity index (χ4v) is 2.69. The lowest BCUT2D eigenvalue weighted by Gasteiger charge is -2.23. The molecule has 0 unspecified atom stereocenters. The van der Waals surface area contributed by atoms with E-state index in [2.05, 4.69) is 5.32 Å². The minimum absolute atomic E-state index is 0.0000797. The number of Topliss-reactive ketones (excluding diaryl/α,β-unsaturated/α-hetero) is 1. The molecule has 0 bridgehead atoms. The van der Waals surface area contributed by atoms with Gasteiger partial charge in [0.05, 0.1) is 13.0 Å². The van der Waals surface area contributed by atoms with Crippen molar-refractivity contribution in [3.63, 3.8) is 0 Å². The Labute approximate surface area is 125 Å². The number of ketones is 1. The summed E-state index contributed by atoms with van der Waals surface area (Å²) in [6, 6.07) is 7.86. The first kappa shape index (κ1) is 15.7. The van der Waals surface area contributed by atoms with Gasteiger partial charge in [0.15, 0.2) is 5.78 Å². The van der Waals surface area contributed by atoms with Gasteiger partial charge in [-0.3, -0.25) is 9.59 Å². The Hall–Kier alpha value is -1.68. The highest BCUT2D eigenvalue weighted by atomic mass is 16.5. The number of hydrogen-bond acceptors (Lipinski definition) is 4. The average Bonchev–Trinajstić information content (AvgIpc) is 2.54. The maximum atomic E-state index is 12.0. The van der Waals surface area contributed by atoms with E-state index in [1.807, 2.05) is 24.3 Å². The molecule has 1 aliphatic rings. The molecule has 0 saturated carbocycles. The van der Waals surface area contributed by atoms with Gasteiger partial charge in [0.1, 0.15) is 0 Å². The van der Waals surface area contributed by atoms with E-state index < -0.39 is 0 Å². The van der Waals surface area contributed by atoms with Crippen LogP contribution < -0.4 is 5.32 Å². The molecule has 1 N–H and O–H groups in total. The number of esters is 1. The van der Waals surface area contributed by atoms with Gasteiger partial charge in [-0.25, -0.2) is 0 Å². The van der Waals surface area contributed by atoms with Crippen molar-refractivity contribution in [3.05, 3.63) is 35.4 Å². The molecule has 21 heavy (non-hydrogen) atoms. The standard InChI is InChI=1S/C17H23NO3/c1-2-21-17(20)8-7-16(19)15-5-3-13(4-6-15)14-9-11-18-12-10-14/h3-6,14,18H,2,7-12H2,1H3. The van der Waals surface area contributed by atoms with Gasteiger partial charge in [0.25, 0.3) is 0 Å². The monoisotopic (exact) mass is 289 g/mol. The molecule has 114 valence electrons. The van der Waals surface area contributed by atoms with E-state index in [0.717, 1.165) is 25.9 Å². The third-order valence-corrected chi connectivity index (χ3v) is 3.90. The van der Waals surface area contributed by atoms with Crippen molar-refractivity contribution in [1.82, 2.24) is 5.32 Å². The number of benzene rings is 1. The quantitative estimate of drug-likeness (QED) is 0.646. The zero-order valence-electron chi connectivity index (χ0n) is 12.6. The third-order valence-electron chi connectivity index (χ3n) is 3.90. The Morgan fingerprint density at radius 1 is 1.14 bits per heavy atom. The number of piperidine rings is 1. The van der Waals surface area contributed by atoms with Crippen LogP contribution in [-0.4, -0.2) is 31.4 Å². The highest BCUT2D eigenvalue weighted by Gasteiger charge is 2.16. The van der Waals surface area contributed by atoms with Gasteiger partial charge < -0.3 is 10.1 Å². The van der Waals surface area contributed by atoms with E-state index >= 15 is 0 Å². The van der Waals surface area contributed by atoms with E-state index in [4.69, 9.17) is 4.74 Å². The fraction of sp³-hybridized carbons (Fsp3) is 0.529. The van der Waals surface area contributed by atoms with E-state index in [-0.39, 0.29) is 24.6 Å². The lowest BCUT2D eigenvalue weighted by atomic mass is 9.89. The van der Waals surface area contributed by atoms with Crippen molar-refractivity contribution in [1.29, 1.82) is 0 Å². The molecule has 1 aromatic rings. The summed E-state index contributed by atoms with van der Waals surface area (Å²) in [5.74, 6) is 0.284. The predicted octanol–water partition coefficient (Wildman–Crippen LogP) is 2.68. The summed E-state index contributed by atoms with van der Waals surface area (Å²) >= 11 is 0. The van der Waals surface area contributed by atoms with Crippen molar-refractivity contribution in [2.45, 2.75) is 38.5 Å². The molecule has 0 amide bonds. The smallest absolute Gasteiger partial charge is 0.306 e. The first-order valence-electron chi connectivity index (χ1n) is 7.70. The molecule has 0 spiro atoms. The summed E-state index contributed by atoms with van der Waals surface area (Å²) in [4.78, 5) is 23.3. The second-order valence-electron chi connectivity index (χ2n) is 5.37. The molecule has 1 heterocycles. The number of nitrogens with one attached hydrogen (secondary N) is 1. The second-order valence-corrected chi connectivity index (χ2v) is 5.37. The summed E-state index contributed by atoms with van der Waals surface area (Å²) in [5, 5.41) is 3.35. The van der Waals surface area contributed by atoms with Crippen LogP contribution in [0.15, 0.2) is 24.3 Å². The number of carbonyl (C=O) groups is 2. The summed E-state index contributed by atoms with van der Waals surface area (Å²) in [5.41, 5.74) is 1.98. The largest absolute Gasteiger partial charge is 0.466 e. The molecular formula is C17H23NO3. The lowest BCUT2D eigenvalue weighted by Crippen LogP contribution is -2.26. The zero-order valence-corrected chi connectivity index (χ0v) is 12.6. The molecule has 1 aliphatic heterocycles. The van der Waals surface area contributed by atoms with Crippen molar-refractivity contribution < 1.29 is 14.3 Å². The number of hydrogen-bond donors (Lipinski definition) is 1. The van der Waals surface area contributed by atoms with Crippen LogP contribution in [0.4, 0.5) is 0 Å². The Morgan fingerprint density at radius 2 is 1.81 bits per heavy atom. The molecule has 0 aromatic heterocycles. The highest BCUT2D eigenvalue weighted by molar-refractivity contribution is 5.97. The topological polar surface area (TPSA) is 55.4 Å². The lowest BCUT2D eigenvalue weighted by molar-refractivity contribution is -0.143. The Balaban J connectivity index is 1.88. The summed E-state index contributed by atoms with van der Waals surface area (Å²) < 4.78 is 4.83. The first-order chi connectivity index (χ1) is 10.2. The van der Waals surface area contributed by atoms with Crippen molar-refractivity contribution >= 4 is 11.8 Å². The van der Waals surface area contributed by atoms with Gasteiger partial charge in [-0.15, -0.1) is 0 Å². The van der Waals surface area contributed by atoms with Crippen LogP contribution in [-0.2, 0) is 9.53 Å². The maximum absolute atomic E-state index is 12.0. The van der Waals surface area contributed by atoms with E-state index in [1.54, 1.807) is 6.92 Å². The molecule has 0 aliphatic carbocycles. The third kappa shape index (κ3) is 4.67. The van der Waals surface area contributed by atoms with Crippen LogP contribution in [0.1, 0.15) is 54.4 Å². The van der Waals surface area contributed by atoms with Gasteiger partial charge in [0.2, 0.25) is 0 Å². The van der Waals surface area contributed by atoms with E-state index in [1.165, 1.54) is 5.56 Å².